The number of nitrogens with one attached hydrogen (secondary N) is 1. The molecule has 0 radical (unpaired) electrons. The number of nitrogens with zero attached hydrogens (tertiary/aromatic N) is 2. The van der Waals surface area contributed by atoms with Crippen molar-refractivity contribution < 1.29 is 9.47 Å². The van der Waals surface area contributed by atoms with Gasteiger partial charge < -0.3 is 14.8 Å². The van der Waals surface area contributed by atoms with Crippen LogP contribution in [0.5, 0.6) is 11.5 Å². The molecular formula is C15H21N3O2. The fraction of sp³-hybridized carbons (Fsp3) is 0.400. The van der Waals surface area contributed by atoms with Crippen molar-refractivity contribution in [1.82, 2.24) is 15.1 Å². The molecule has 1 heterocycles. The second-order valence-electron chi connectivity index (χ2n) is 4.63. The molecule has 5 nitrogen and oxygen atoms in total. The van der Waals surface area contributed by atoms with Gasteiger partial charge in [0.2, 0.25) is 0 Å². The van der Waals surface area contributed by atoms with E-state index in [9.17, 15) is 0 Å². The van der Waals surface area contributed by atoms with Gasteiger partial charge in [-0.3, -0.25) is 4.68 Å². The van der Waals surface area contributed by atoms with Crippen molar-refractivity contribution in [2.45, 2.75) is 19.5 Å². The fourth-order valence-electron chi connectivity index (χ4n) is 2.18. The first kappa shape index (κ1) is 14.4. The van der Waals surface area contributed by atoms with Gasteiger partial charge in [0.15, 0.2) is 11.5 Å². The number of ether oxygens (including phenoxy) is 2. The molecule has 108 valence electrons. The summed E-state index contributed by atoms with van der Waals surface area (Å²) in [5, 5.41) is 7.73. The molecule has 2 rings (SSSR count). The van der Waals surface area contributed by atoms with Crippen molar-refractivity contribution in [2.24, 2.45) is 0 Å². The quantitative estimate of drug-likeness (QED) is 0.877. The average molecular weight is 275 g/mol. The van der Waals surface area contributed by atoms with E-state index >= 15 is 0 Å². The van der Waals surface area contributed by atoms with Gasteiger partial charge in [-0.1, -0.05) is 6.07 Å². The van der Waals surface area contributed by atoms with Gasteiger partial charge in [0.05, 0.1) is 32.5 Å². The molecule has 5 heteroatoms. The first-order valence-electron chi connectivity index (χ1n) is 6.57. The predicted molar refractivity (Wildman–Crippen MR) is 78.3 cm³/mol. The molecule has 20 heavy (non-hydrogen) atoms. The van der Waals surface area contributed by atoms with Crippen molar-refractivity contribution >= 4 is 0 Å². The van der Waals surface area contributed by atoms with Crippen LogP contribution in [-0.4, -0.2) is 31.0 Å². The van der Waals surface area contributed by atoms with Crippen molar-refractivity contribution in [3.8, 4) is 11.5 Å². The summed E-state index contributed by atoms with van der Waals surface area (Å²) in [5.41, 5.74) is 2.16. The lowest BCUT2D eigenvalue weighted by molar-refractivity contribution is 0.353. The standard InChI is InChI=1S/C15H21N3O2/c1-11-7-8-18(17-11)10-13(16-2)12-5-6-14(19-3)15(9-12)20-4/h5-9,13,16H,10H2,1-4H3. The zero-order chi connectivity index (χ0) is 14.5. The summed E-state index contributed by atoms with van der Waals surface area (Å²) in [4.78, 5) is 0. The van der Waals surface area contributed by atoms with Crippen molar-refractivity contribution in [3.63, 3.8) is 0 Å². The first-order chi connectivity index (χ1) is 9.67. The molecule has 0 saturated carbocycles. The van der Waals surface area contributed by atoms with Crippen molar-refractivity contribution in [1.29, 1.82) is 0 Å². The molecule has 1 aromatic heterocycles. The van der Waals surface area contributed by atoms with E-state index in [0.717, 1.165) is 29.3 Å². The lowest BCUT2D eigenvalue weighted by atomic mass is 10.1. The fourth-order valence-corrected chi connectivity index (χ4v) is 2.18. The molecule has 1 aromatic carbocycles. The van der Waals surface area contributed by atoms with Gasteiger partial charge in [-0.2, -0.15) is 5.10 Å². The Morgan fingerprint density at radius 1 is 1.20 bits per heavy atom. The van der Waals surface area contributed by atoms with E-state index in [1.165, 1.54) is 0 Å². The van der Waals surface area contributed by atoms with Crippen molar-refractivity contribution in [3.05, 3.63) is 41.7 Å². The maximum absolute atomic E-state index is 5.35. The van der Waals surface area contributed by atoms with Gasteiger partial charge in [-0.15, -0.1) is 0 Å². The van der Waals surface area contributed by atoms with Gasteiger partial charge >= 0.3 is 0 Å². The van der Waals surface area contributed by atoms with Crippen LogP contribution in [0.15, 0.2) is 30.5 Å². The molecule has 0 aliphatic rings. The van der Waals surface area contributed by atoms with Crippen LogP contribution in [0.2, 0.25) is 0 Å². The van der Waals surface area contributed by atoms with E-state index in [0.29, 0.717) is 0 Å². The normalized spacial score (nSPS) is 12.2. The monoisotopic (exact) mass is 275 g/mol. The minimum Gasteiger partial charge on any atom is -0.493 e. The number of benzene rings is 1. The Bertz CT molecular complexity index is 566. The average Bonchev–Trinajstić information content (AvgIpc) is 2.89. The molecule has 0 amide bonds. The molecule has 1 N–H and O–H groups in total. The number of hydrogen-bond donors (Lipinski definition) is 1. The number of aromatic nitrogens is 2. The van der Waals surface area contributed by atoms with Crippen LogP contribution < -0.4 is 14.8 Å². The number of methoxy groups -OCH3 is 2. The van der Waals surface area contributed by atoms with Gasteiger partial charge in [0, 0.05) is 6.20 Å². The summed E-state index contributed by atoms with van der Waals surface area (Å²) in [6, 6.07) is 8.12. The van der Waals surface area contributed by atoms with Gasteiger partial charge in [-0.25, -0.2) is 0 Å². The molecule has 0 bridgehead atoms. The van der Waals surface area contributed by atoms with Crippen LogP contribution in [0, 0.1) is 6.92 Å². The maximum atomic E-state index is 5.35. The number of rotatable bonds is 6. The zero-order valence-electron chi connectivity index (χ0n) is 12.4. The van der Waals surface area contributed by atoms with Crippen LogP contribution in [0.1, 0.15) is 17.3 Å². The predicted octanol–water partition coefficient (Wildman–Crippen LogP) is 2.17. The molecular weight excluding hydrogens is 254 g/mol. The molecule has 0 spiro atoms. The number of hydrogen-bond acceptors (Lipinski definition) is 4. The van der Waals surface area contributed by atoms with Gasteiger partial charge in [0.1, 0.15) is 0 Å². The van der Waals surface area contributed by atoms with Crippen molar-refractivity contribution in [2.75, 3.05) is 21.3 Å². The molecule has 2 aromatic rings. The SMILES string of the molecule is CNC(Cn1ccc(C)n1)c1ccc(OC)c(OC)c1. The van der Waals surface area contributed by atoms with E-state index in [2.05, 4.69) is 10.4 Å². The molecule has 0 aliphatic carbocycles. The molecule has 0 saturated heterocycles. The minimum atomic E-state index is 0.161. The third kappa shape index (κ3) is 3.11. The maximum Gasteiger partial charge on any atom is 0.161 e. The molecule has 1 unspecified atom stereocenters. The van der Waals surface area contributed by atoms with Gasteiger partial charge in [-0.05, 0) is 37.7 Å². The molecule has 1 atom stereocenters. The summed E-state index contributed by atoms with van der Waals surface area (Å²) in [7, 11) is 5.23. The summed E-state index contributed by atoms with van der Waals surface area (Å²) in [6.07, 6.45) is 1.99. The number of aryl methyl sites for hydroxylation is 1. The highest BCUT2D eigenvalue weighted by atomic mass is 16.5. The lowest BCUT2D eigenvalue weighted by Crippen LogP contribution is -2.22. The van der Waals surface area contributed by atoms with Crippen LogP contribution in [0.25, 0.3) is 0 Å². The highest BCUT2D eigenvalue weighted by Crippen LogP contribution is 2.30. The molecule has 0 aliphatic heterocycles. The summed E-state index contributed by atoms with van der Waals surface area (Å²) in [5.74, 6) is 1.47. The van der Waals surface area contributed by atoms with Crippen LogP contribution >= 0.6 is 0 Å². The van der Waals surface area contributed by atoms with E-state index in [4.69, 9.17) is 9.47 Å². The third-order valence-electron chi connectivity index (χ3n) is 3.30. The minimum absolute atomic E-state index is 0.161. The highest BCUT2D eigenvalue weighted by Gasteiger charge is 2.13. The first-order valence-corrected chi connectivity index (χ1v) is 6.57. The van der Waals surface area contributed by atoms with Crippen LogP contribution in [-0.2, 0) is 6.54 Å². The van der Waals surface area contributed by atoms with E-state index in [1.807, 2.05) is 49.1 Å². The van der Waals surface area contributed by atoms with Gasteiger partial charge in [0.25, 0.3) is 0 Å². The van der Waals surface area contributed by atoms with E-state index in [1.54, 1.807) is 14.2 Å². The number of likely N-dealkylation sites (N-methyl/N-ethyl adjacent to an activating group) is 1. The lowest BCUT2D eigenvalue weighted by Gasteiger charge is -2.18. The summed E-state index contributed by atoms with van der Waals surface area (Å²) >= 11 is 0. The second kappa shape index (κ2) is 6.43. The Kier molecular flexibility index (Phi) is 4.63. The Labute approximate surface area is 119 Å². The van der Waals surface area contributed by atoms with E-state index in [-0.39, 0.29) is 6.04 Å². The third-order valence-corrected chi connectivity index (χ3v) is 3.30. The Morgan fingerprint density at radius 3 is 2.50 bits per heavy atom. The zero-order valence-corrected chi connectivity index (χ0v) is 12.4. The smallest absolute Gasteiger partial charge is 0.161 e. The topological polar surface area (TPSA) is 48.3 Å². The Morgan fingerprint density at radius 2 is 1.95 bits per heavy atom. The summed E-state index contributed by atoms with van der Waals surface area (Å²) in [6.45, 7) is 2.75. The van der Waals surface area contributed by atoms with E-state index < -0.39 is 0 Å². The van der Waals surface area contributed by atoms with Crippen LogP contribution in [0.4, 0.5) is 0 Å². The summed E-state index contributed by atoms with van der Waals surface area (Å²) < 4.78 is 12.6. The van der Waals surface area contributed by atoms with Crippen LogP contribution in [0.3, 0.4) is 0 Å². The Hall–Kier alpha value is -2.01. The second-order valence-corrected chi connectivity index (χ2v) is 4.63. The highest BCUT2D eigenvalue weighted by molar-refractivity contribution is 5.43. The molecule has 0 fully saturated rings. The Balaban J connectivity index is 2.22. The largest absolute Gasteiger partial charge is 0.493 e.